The number of rotatable bonds is 7. The van der Waals surface area contributed by atoms with E-state index in [1.54, 1.807) is 6.20 Å². The number of aromatic nitrogens is 1. The predicted octanol–water partition coefficient (Wildman–Crippen LogP) is 4.07. The summed E-state index contributed by atoms with van der Waals surface area (Å²) in [6.45, 7) is 2.90. The molecule has 0 fully saturated rings. The molecular weight excluding hydrogens is 338 g/mol. The number of carbonyl (C=O) groups excluding carboxylic acids is 1. The molecule has 0 radical (unpaired) electrons. The maximum atomic E-state index is 12.6. The van der Waals surface area contributed by atoms with E-state index < -0.39 is 0 Å². The molecule has 0 saturated heterocycles. The van der Waals surface area contributed by atoms with Crippen LogP contribution in [0.2, 0.25) is 0 Å². The second kappa shape index (κ2) is 9.38. The summed E-state index contributed by atoms with van der Waals surface area (Å²) < 4.78 is 5.61. The van der Waals surface area contributed by atoms with Crippen molar-refractivity contribution in [1.29, 1.82) is 0 Å². The number of hydrogen-bond donors (Lipinski definition) is 2. The minimum Gasteiger partial charge on any atom is -0.494 e. The molecule has 2 aromatic carbocycles. The van der Waals surface area contributed by atoms with Crippen LogP contribution in [0.15, 0.2) is 79.0 Å². The summed E-state index contributed by atoms with van der Waals surface area (Å²) in [5.41, 5.74) is 2.69. The van der Waals surface area contributed by atoms with E-state index in [9.17, 15) is 4.79 Å². The third-order valence-electron chi connectivity index (χ3n) is 4.10. The molecule has 1 heterocycles. The van der Waals surface area contributed by atoms with Crippen LogP contribution in [0.5, 0.6) is 5.75 Å². The highest BCUT2D eigenvalue weighted by Crippen LogP contribution is 2.20. The molecule has 1 unspecified atom stereocenters. The second-order valence-corrected chi connectivity index (χ2v) is 5.97. The van der Waals surface area contributed by atoms with Crippen molar-refractivity contribution < 1.29 is 9.53 Å². The lowest BCUT2D eigenvalue weighted by molar-refractivity contribution is 0.238. The minimum atomic E-state index is -0.325. The summed E-state index contributed by atoms with van der Waals surface area (Å²) in [5, 5.41) is 5.93. The average molecular weight is 361 g/mol. The molecule has 0 aliphatic heterocycles. The van der Waals surface area contributed by atoms with Crippen LogP contribution in [0, 0.1) is 0 Å². The zero-order valence-electron chi connectivity index (χ0n) is 15.3. The van der Waals surface area contributed by atoms with Crippen molar-refractivity contribution in [3.05, 3.63) is 95.8 Å². The van der Waals surface area contributed by atoms with E-state index in [1.807, 2.05) is 79.7 Å². The number of carbonyl (C=O) groups is 1. The number of hydrogen-bond acceptors (Lipinski definition) is 3. The molecule has 3 aromatic rings. The van der Waals surface area contributed by atoms with Crippen molar-refractivity contribution in [2.75, 3.05) is 6.61 Å². The quantitative estimate of drug-likeness (QED) is 0.667. The molecule has 2 N–H and O–H groups in total. The van der Waals surface area contributed by atoms with Crippen molar-refractivity contribution >= 4 is 6.03 Å². The molecule has 0 saturated carbocycles. The Balaban J connectivity index is 1.70. The molecule has 2 amide bonds. The third-order valence-corrected chi connectivity index (χ3v) is 4.10. The summed E-state index contributed by atoms with van der Waals surface area (Å²) in [5.74, 6) is 0.782. The molecule has 138 valence electrons. The molecule has 0 spiro atoms. The van der Waals surface area contributed by atoms with Gasteiger partial charge in [-0.15, -0.1) is 0 Å². The second-order valence-electron chi connectivity index (χ2n) is 5.97. The fourth-order valence-corrected chi connectivity index (χ4v) is 2.82. The number of ether oxygens (including phenoxy) is 1. The van der Waals surface area contributed by atoms with E-state index in [0.29, 0.717) is 13.2 Å². The molecule has 5 nitrogen and oxygen atoms in total. The van der Waals surface area contributed by atoms with Crippen molar-refractivity contribution in [1.82, 2.24) is 15.6 Å². The highest BCUT2D eigenvalue weighted by Gasteiger charge is 2.17. The standard InChI is InChI=1S/C22H23N3O2/c1-2-27-20-14-7-6-12-18(20)16-24-22(26)25-21(17-10-4-3-5-11-17)19-13-8-9-15-23-19/h3-15,21H,2,16H2,1H3,(H2,24,25,26). The van der Waals surface area contributed by atoms with E-state index in [4.69, 9.17) is 4.74 Å². The fourth-order valence-electron chi connectivity index (χ4n) is 2.82. The van der Waals surface area contributed by atoms with Gasteiger partial charge in [0.05, 0.1) is 18.3 Å². The van der Waals surface area contributed by atoms with Crippen molar-refractivity contribution in [3.8, 4) is 5.75 Å². The summed E-state index contributed by atoms with van der Waals surface area (Å²) >= 11 is 0. The van der Waals surface area contributed by atoms with Gasteiger partial charge in [-0.25, -0.2) is 4.79 Å². The number of urea groups is 1. The number of nitrogens with one attached hydrogen (secondary N) is 2. The largest absolute Gasteiger partial charge is 0.494 e. The molecule has 1 aromatic heterocycles. The van der Waals surface area contributed by atoms with Gasteiger partial charge in [-0.2, -0.15) is 0 Å². The van der Waals surface area contributed by atoms with Crippen LogP contribution in [0.3, 0.4) is 0 Å². The average Bonchev–Trinajstić information content (AvgIpc) is 2.73. The lowest BCUT2D eigenvalue weighted by Gasteiger charge is -2.19. The Bertz CT molecular complexity index is 814. The van der Waals surface area contributed by atoms with Crippen LogP contribution in [0.25, 0.3) is 0 Å². The van der Waals surface area contributed by atoms with Gasteiger partial charge in [0.1, 0.15) is 5.75 Å². The maximum Gasteiger partial charge on any atom is 0.315 e. The Labute approximate surface area is 159 Å². The topological polar surface area (TPSA) is 63.2 Å². The molecule has 0 aliphatic carbocycles. The molecule has 5 heteroatoms. The Morgan fingerprint density at radius 1 is 1.00 bits per heavy atom. The van der Waals surface area contributed by atoms with Crippen LogP contribution >= 0.6 is 0 Å². The van der Waals surface area contributed by atoms with E-state index in [0.717, 1.165) is 22.6 Å². The number of nitrogens with zero attached hydrogens (tertiary/aromatic N) is 1. The summed E-state index contributed by atoms with van der Waals surface area (Å²) in [4.78, 5) is 17.0. The van der Waals surface area contributed by atoms with Crippen LogP contribution in [-0.4, -0.2) is 17.6 Å². The van der Waals surface area contributed by atoms with Gasteiger partial charge < -0.3 is 15.4 Å². The molecule has 3 rings (SSSR count). The first-order chi connectivity index (χ1) is 13.3. The Morgan fingerprint density at radius 2 is 1.74 bits per heavy atom. The highest BCUT2D eigenvalue weighted by atomic mass is 16.5. The van der Waals surface area contributed by atoms with Gasteiger partial charge in [0.2, 0.25) is 0 Å². The Morgan fingerprint density at radius 3 is 2.48 bits per heavy atom. The maximum absolute atomic E-state index is 12.6. The zero-order valence-corrected chi connectivity index (χ0v) is 15.3. The van der Waals surface area contributed by atoms with Crippen molar-refractivity contribution in [2.45, 2.75) is 19.5 Å². The molecular formula is C22H23N3O2. The number of pyridine rings is 1. The normalized spacial score (nSPS) is 11.4. The van der Waals surface area contributed by atoms with Gasteiger partial charge in [-0.1, -0.05) is 54.6 Å². The molecule has 27 heavy (non-hydrogen) atoms. The lowest BCUT2D eigenvalue weighted by atomic mass is 10.0. The Hall–Kier alpha value is -3.34. The first kappa shape index (κ1) is 18.5. The lowest BCUT2D eigenvalue weighted by Crippen LogP contribution is -2.38. The number of para-hydroxylation sites is 1. The fraction of sp³-hybridized carbons (Fsp3) is 0.182. The van der Waals surface area contributed by atoms with Gasteiger partial charge in [-0.3, -0.25) is 4.98 Å². The van der Waals surface area contributed by atoms with E-state index >= 15 is 0 Å². The van der Waals surface area contributed by atoms with Crippen molar-refractivity contribution in [2.24, 2.45) is 0 Å². The SMILES string of the molecule is CCOc1ccccc1CNC(=O)NC(c1ccccc1)c1ccccn1. The molecule has 1 atom stereocenters. The first-order valence-electron chi connectivity index (χ1n) is 8.99. The smallest absolute Gasteiger partial charge is 0.315 e. The first-order valence-corrected chi connectivity index (χ1v) is 8.99. The van der Waals surface area contributed by atoms with Gasteiger partial charge in [0.15, 0.2) is 0 Å². The van der Waals surface area contributed by atoms with Gasteiger partial charge in [0.25, 0.3) is 0 Å². The monoisotopic (exact) mass is 361 g/mol. The zero-order chi connectivity index (χ0) is 18.9. The van der Waals surface area contributed by atoms with E-state index in [1.165, 1.54) is 0 Å². The highest BCUT2D eigenvalue weighted by molar-refractivity contribution is 5.75. The van der Waals surface area contributed by atoms with Crippen LogP contribution in [0.1, 0.15) is 29.8 Å². The summed E-state index contributed by atoms with van der Waals surface area (Å²) in [6, 6.07) is 22.6. The third kappa shape index (κ3) is 5.07. The van der Waals surface area contributed by atoms with Crippen LogP contribution < -0.4 is 15.4 Å². The minimum absolute atomic E-state index is 0.263. The number of amides is 2. The van der Waals surface area contributed by atoms with Crippen LogP contribution in [0.4, 0.5) is 4.79 Å². The summed E-state index contributed by atoms with van der Waals surface area (Å²) in [6.07, 6.45) is 1.73. The van der Waals surface area contributed by atoms with E-state index in [2.05, 4.69) is 15.6 Å². The summed E-state index contributed by atoms with van der Waals surface area (Å²) in [7, 11) is 0. The van der Waals surface area contributed by atoms with Gasteiger partial charge in [-0.05, 0) is 30.7 Å². The predicted molar refractivity (Wildman–Crippen MR) is 106 cm³/mol. The molecule has 0 aliphatic rings. The Kier molecular flexibility index (Phi) is 6.41. The van der Waals surface area contributed by atoms with Crippen molar-refractivity contribution in [3.63, 3.8) is 0 Å². The van der Waals surface area contributed by atoms with Gasteiger partial charge >= 0.3 is 6.03 Å². The molecule has 0 bridgehead atoms. The van der Waals surface area contributed by atoms with E-state index in [-0.39, 0.29) is 12.1 Å². The number of benzene rings is 2. The van der Waals surface area contributed by atoms with Gasteiger partial charge in [0, 0.05) is 18.3 Å². The van der Waals surface area contributed by atoms with Crippen LogP contribution in [-0.2, 0) is 6.54 Å².